The maximum atomic E-state index is 12.0. The van der Waals surface area contributed by atoms with Gasteiger partial charge in [-0.2, -0.15) is 0 Å². The van der Waals surface area contributed by atoms with Crippen LogP contribution in [0.5, 0.6) is 0 Å². The number of hydrogen-bond donors (Lipinski definition) is 2. The van der Waals surface area contributed by atoms with E-state index < -0.39 is 0 Å². The van der Waals surface area contributed by atoms with Gasteiger partial charge in [-0.15, -0.1) is 0 Å². The van der Waals surface area contributed by atoms with Gasteiger partial charge in [0, 0.05) is 6.04 Å². The van der Waals surface area contributed by atoms with E-state index in [0.29, 0.717) is 6.42 Å². The van der Waals surface area contributed by atoms with Crippen molar-refractivity contribution < 1.29 is 9.59 Å². The summed E-state index contributed by atoms with van der Waals surface area (Å²) in [5.41, 5.74) is 4.59. The topological polar surface area (TPSA) is 58.2 Å². The van der Waals surface area contributed by atoms with Gasteiger partial charge >= 0.3 is 0 Å². The molecule has 3 aromatic carbocycles. The standard InChI is InChI=1S/C25H24N2O2S/c1-17(19-10-4-2-5-11-19)26-23(20-12-6-3-7-13-20)21-14-8-9-18(15-21)16-22-24(28)27-25(29)30-22/h2-15,17,22-23,26H,16H2,1H3,(H,27,28,29). The van der Waals surface area contributed by atoms with Crippen molar-refractivity contribution in [3.63, 3.8) is 0 Å². The Labute approximate surface area is 181 Å². The Kier molecular flexibility index (Phi) is 6.31. The first-order chi connectivity index (χ1) is 14.6. The van der Waals surface area contributed by atoms with Crippen LogP contribution in [0.1, 0.15) is 41.3 Å². The fraction of sp³-hybridized carbons (Fsp3) is 0.200. The average molecular weight is 417 g/mol. The summed E-state index contributed by atoms with van der Waals surface area (Å²) in [7, 11) is 0. The summed E-state index contributed by atoms with van der Waals surface area (Å²) < 4.78 is 0. The van der Waals surface area contributed by atoms with Crippen molar-refractivity contribution in [3.8, 4) is 0 Å². The van der Waals surface area contributed by atoms with Gasteiger partial charge in [-0.1, -0.05) is 96.7 Å². The van der Waals surface area contributed by atoms with E-state index in [-0.39, 0.29) is 28.5 Å². The zero-order valence-electron chi connectivity index (χ0n) is 16.7. The second-order valence-electron chi connectivity index (χ2n) is 7.48. The van der Waals surface area contributed by atoms with Gasteiger partial charge in [0.1, 0.15) is 0 Å². The minimum absolute atomic E-state index is 0.00745. The van der Waals surface area contributed by atoms with E-state index in [1.54, 1.807) is 0 Å². The van der Waals surface area contributed by atoms with E-state index >= 15 is 0 Å². The molecule has 30 heavy (non-hydrogen) atoms. The third-order valence-electron chi connectivity index (χ3n) is 5.32. The van der Waals surface area contributed by atoms with E-state index in [0.717, 1.165) is 22.9 Å². The van der Waals surface area contributed by atoms with Gasteiger partial charge in [-0.3, -0.25) is 20.2 Å². The lowest BCUT2D eigenvalue weighted by atomic mass is 9.94. The van der Waals surface area contributed by atoms with Crippen LogP contribution in [-0.2, 0) is 11.2 Å². The van der Waals surface area contributed by atoms with Crippen LogP contribution in [0.2, 0.25) is 0 Å². The van der Waals surface area contributed by atoms with Gasteiger partial charge in [0.05, 0.1) is 11.3 Å². The molecule has 0 spiro atoms. The van der Waals surface area contributed by atoms with Crippen molar-refractivity contribution >= 4 is 22.9 Å². The van der Waals surface area contributed by atoms with Crippen molar-refractivity contribution in [2.45, 2.75) is 30.7 Å². The lowest BCUT2D eigenvalue weighted by Gasteiger charge is -2.25. The Morgan fingerprint density at radius 2 is 1.50 bits per heavy atom. The molecule has 1 saturated heterocycles. The summed E-state index contributed by atoms with van der Waals surface area (Å²) in [6.07, 6.45) is 0.534. The van der Waals surface area contributed by atoms with E-state index in [2.05, 4.69) is 66.1 Å². The molecule has 0 aliphatic carbocycles. The molecule has 0 radical (unpaired) electrons. The van der Waals surface area contributed by atoms with Crippen molar-refractivity contribution in [2.75, 3.05) is 0 Å². The molecule has 3 aromatic rings. The highest BCUT2D eigenvalue weighted by Gasteiger charge is 2.31. The largest absolute Gasteiger partial charge is 0.300 e. The van der Waals surface area contributed by atoms with Crippen LogP contribution < -0.4 is 10.6 Å². The Bertz CT molecular complexity index is 1020. The number of carbonyl (C=O) groups is 2. The molecule has 0 aromatic heterocycles. The SMILES string of the molecule is CC(NC(c1ccccc1)c1cccc(CC2SC(=O)NC2=O)c1)c1ccccc1. The van der Waals surface area contributed by atoms with Crippen LogP contribution in [-0.4, -0.2) is 16.4 Å². The number of thioether (sulfide) groups is 1. The van der Waals surface area contributed by atoms with Crippen molar-refractivity contribution in [1.82, 2.24) is 10.6 Å². The summed E-state index contributed by atoms with van der Waals surface area (Å²) in [5.74, 6) is -0.203. The van der Waals surface area contributed by atoms with Gasteiger partial charge in [-0.25, -0.2) is 0 Å². The van der Waals surface area contributed by atoms with Crippen molar-refractivity contribution in [1.29, 1.82) is 0 Å². The van der Waals surface area contributed by atoms with E-state index in [4.69, 9.17) is 0 Å². The molecule has 1 aliphatic heterocycles. The lowest BCUT2D eigenvalue weighted by molar-refractivity contribution is -0.118. The lowest BCUT2D eigenvalue weighted by Crippen LogP contribution is -2.26. The smallest absolute Gasteiger partial charge is 0.286 e. The number of amides is 2. The third-order valence-corrected chi connectivity index (χ3v) is 6.30. The van der Waals surface area contributed by atoms with Crippen LogP contribution in [0, 0.1) is 0 Å². The van der Waals surface area contributed by atoms with Crippen LogP contribution in [0.25, 0.3) is 0 Å². The molecule has 0 saturated carbocycles. The number of benzene rings is 3. The first kappa shape index (κ1) is 20.4. The molecule has 4 rings (SSSR count). The zero-order valence-corrected chi connectivity index (χ0v) is 17.6. The third kappa shape index (κ3) is 4.81. The van der Waals surface area contributed by atoms with Crippen LogP contribution in [0.15, 0.2) is 84.9 Å². The average Bonchev–Trinajstić information content (AvgIpc) is 3.09. The maximum Gasteiger partial charge on any atom is 0.286 e. The fourth-order valence-electron chi connectivity index (χ4n) is 3.76. The van der Waals surface area contributed by atoms with Crippen LogP contribution in [0.4, 0.5) is 4.79 Å². The fourth-order valence-corrected chi connectivity index (χ4v) is 4.62. The molecule has 1 fully saturated rings. The summed E-state index contributed by atoms with van der Waals surface area (Å²) >= 11 is 1.07. The molecule has 152 valence electrons. The van der Waals surface area contributed by atoms with Crippen molar-refractivity contribution in [2.24, 2.45) is 0 Å². The Morgan fingerprint density at radius 1 is 0.867 bits per heavy atom. The normalized spacial score (nSPS) is 18.1. The van der Waals surface area contributed by atoms with Gasteiger partial charge < -0.3 is 0 Å². The van der Waals surface area contributed by atoms with Gasteiger partial charge in [0.2, 0.25) is 5.91 Å². The predicted octanol–water partition coefficient (Wildman–Crippen LogP) is 5.02. The molecule has 3 unspecified atom stereocenters. The summed E-state index contributed by atoms with van der Waals surface area (Å²) in [6.45, 7) is 2.17. The van der Waals surface area contributed by atoms with E-state index in [1.165, 1.54) is 11.1 Å². The minimum Gasteiger partial charge on any atom is -0.300 e. The first-order valence-electron chi connectivity index (χ1n) is 10.1. The highest BCUT2D eigenvalue weighted by Crippen LogP contribution is 2.28. The van der Waals surface area contributed by atoms with Gasteiger partial charge in [0.25, 0.3) is 5.24 Å². The molecule has 5 heteroatoms. The van der Waals surface area contributed by atoms with Crippen LogP contribution >= 0.6 is 11.8 Å². The van der Waals surface area contributed by atoms with Crippen LogP contribution in [0.3, 0.4) is 0 Å². The second kappa shape index (κ2) is 9.28. The Balaban J connectivity index is 1.61. The molecule has 3 atom stereocenters. The summed E-state index contributed by atoms with van der Waals surface area (Å²) in [6, 6.07) is 29.2. The second-order valence-corrected chi connectivity index (χ2v) is 8.65. The monoisotopic (exact) mass is 416 g/mol. The Morgan fingerprint density at radius 3 is 2.13 bits per heavy atom. The highest BCUT2D eigenvalue weighted by atomic mass is 32.2. The first-order valence-corrected chi connectivity index (χ1v) is 10.9. The number of carbonyl (C=O) groups excluding carboxylic acids is 2. The Hall–Kier alpha value is -2.89. The number of hydrogen-bond acceptors (Lipinski definition) is 4. The number of nitrogens with one attached hydrogen (secondary N) is 2. The minimum atomic E-state index is -0.362. The molecule has 0 bridgehead atoms. The quantitative estimate of drug-likeness (QED) is 0.568. The summed E-state index contributed by atoms with van der Waals surface area (Å²) in [5, 5.41) is 5.51. The van der Waals surface area contributed by atoms with Crippen molar-refractivity contribution in [3.05, 3.63) is 107 Å². The van der Waals surface area contributed by atoms with E-state index in [1.807, 2.05) is 36.4 Å². The number of imide groups is 1. The molecule has 1 aliphatic rings. The molecular formula is C25H24N2O2S. The molecule has 4 nitrogen and oxygen atoms in total. The predicted molar refractivity (Wildman–Crippen MR) is 121 cm³/mol. The zero-order chi connectivity index (χ0) is 20.9. The highest BCUT2D eigenvalue weighted by molar-refractivity contribution is 8.15. The van der Waals surface area contributed by atoms with Gasteiger partial charge in [-0.05, 0) is 35.6 Å². The maximum absolute atomic E-state index is 12.0. The molecule has 2 N–H and O–H groups in total. The molecule has 1 heterocycles. The summed E-state index contributed by atoms with van der Waals surface area (Å²) in [4.78, 5) is 23.5. The number of rotatable bonds is 7. The molecular weight excluding hydrogens is 392 g/mol. The van der Waals surface area contributed by atoms with Gasteiger partial charge in [0.15, 0.2) is 0 Å². The molecule has 2 amide bonds. The van der Waals surface area contributed by atoms with E-state index in [9.17, 15) is 9.59 Å².